The van der Waals surface area contributed by atoms with E-state index in [9.17, 15) is 8.78 Å². The summed E-state index contributed by atoms with van der Waals surface area (Å²) in [5.74, 6) is -0.711. The van der Waals surface area contributed by atoms with Gasteiger partial charge in [0.15, 0.2) is 16.7 Å². The van der Waals surface area contributed by atoms with Gasteiger partial charge in [-0.15, -0.1) is 0 Å². The minimum Gasteiger partial charge on any atom is -0.436 e. The quantitative estimate of drug-likeness (QED) is 0.415. The predicted molar refractivity (Wildman–Crippen MR) is 94.2 cm³/mol. The molecular weight excluding hydrogens is 366 g/mol. The van der Waals surface area contributed by atoms with Gasteiger partial charge in [0.25, 0.3) is 0 Å². The monoisotopic (exact) mass is 378 g/mol. The molecule has 0 atom stereocenters. The number of ether oxygens (including phenoxy) is 1. The molecule has 3 nitrogen and oxygen atoms in total. The van der Waals surface area contributed by atoms with Crippen molar-refractivity contribution in [1.29, 1.82) is 0 Å². The topological polar surface area (TPSA) is 35.0 Å². The Hall–Kier alpha value is -2.18. The van der Waals surface area contributed by atoms with E-state index in [4.69, 9.17) is 16.3 Å². The number of aryl methyl sites for hydroxylation is 1. The van der Waals surface area contributed by atoms with Crippen LogP contribution >= 0.6 is 23.4 Å². The molecule has 0 aliphatic rings. The van der Waals surface area contributed by atoms with Crippen molar-refractivity contribution in [2.45, 2.75) is 17.8 Å². The molecule has 3 aromatic rings. The molecule has 7 heteroatoms. The van der Waals surface area contributed by atoms with E-state index in [1.807, 2.05) is 24.3 Å². The van der Waals surface area contributed by atoms with Gasteiger partial charge in [-0.2, -0.15) is 4.98 Å². The molecule has 0 amide bonds. The molecule has 0 bridgehead atoms. The lowest BCUT2D eigenvalue weighted by atomic mass is 10.2. The summed E-state index contributed by atoms with van der Waals surface area (Å²) in [7, 11) is 0. The Morgan fingerprint density at radius 2 is 1.92 bits per heavy atom. The van der Waals surface area contributed by atoms with Crippen molar-refractivity contribution in [2.24, 2.45) is 0 Å². The van der Waals surface area contributed by atoms with Crippen molar-refractivity contribution in [3.63, 3.8) is 0 Å². The van der Waals surface area contributed by atoms with Crippen LogP contribution in [-0.2, 0) is 5.75 Å². The van der Waals surface area contributed by atoms with Gasteiger partial charge in [-0.25, -0.2) is 13.8 Å². The summed E-state index contributed by atoms with van der Waals surface area (Å²) in [5.41, 5.74) is 1.72. The van der Waals surface area contributed by atoms with Gasteiger partial charge in [-0.05, 0) is 36.8 Å². The molecule has 0 saturated heterocycles. The van der Waals surface area contributed by atoms with Gasteiger partial charge in [0.05, 0.1) is 0 Å². The van der Waals surface area contributed by atoms with Crippen molar-refractivity contribution in [3.05, 3.63) is 76.4 Å². The van der Waals surface area contributed by atoms with E-state index in [0.717, 1.165) is 17.7 Å². The number of halogens is 3. The highest BCUT2D eigenvalue weighted by atomic mass is 35.5. The van der Waals surface area contributed by atoms with E-state index in [1.165, 1.54) is 17.8 Å². The van der Waals surface area contributed by atoms with Crippen LogP contribution in [0.5, 0.6) is 11.6 Å². The number of thioether (sulfide) groups is 1. The van der Waals surface area contributed by atoms with Gasteiger partial charge in [-0.3, -0.25) is 0 Å². The van der Waals surface area contributed by atoms with Gasteiger partial charge < -0.3 is 4.74 Å². The van der Waals surface area contributed by atoms with Gasteiger partial charge in [0.2, 0.25) is 5.88 Å². The third-order valence-electron chi connectivity index (χ3n) is 3.18. The second-order valence-corrected chi connectivity index (χ2v) is 6.60. The number of nitrogens with zero attached hydrogens (tertiary/aromatic N) is 2. The summed E-state index contributed by atoms with van der Waals surface area (Å²) < 4.78 is 32.1. The van der Waals surface area contributed by atoms with Crippen molar-refractivity contribution in [2.75, 3.05) is 0 Å². The zero-order valence-electron chi connectivity index (χ0n) is 13.2. The predicted octanol–water partition coefficient (Wildman–Crippen LogP) is 5.80. The number of rotatable bonds is 5. The summed E-state index contributed by atoms with van der Waals surface area (Å²) in [5, 5.41) is 1.16. The average Bonchev–Trinajstić information content (AvgIpc) is 2.55. The first-order valence-electron chi connectivity index (χ1n) is 7.35. The zero-order chi connectivity index (χ0) is 17.8. The molecule has 0 aliphatic heterocycles. The highest BCUT2D eigenvalue weighted by Crippen LogP contribution is 2.27. The summed E-state index contributed by atoms with van der Waals surface area (Å²) in [6, 6.07) is 12.2. The Bertz CT molecular complexity index is 908. The lowest BCUT2D eigenvalue weighted by Crippen LogP contribution is -1.97. The van der Waals surface area contributed by atoms with Crippen LogP contribution in [0, 0.1) is 18.6 Å². The van der Waals surface area contributed by atoms with E-state index in [0.29, 0.717) is 21.6 Å². The Morgan fingerprint density at radius 3 is 2.68 bits per heavy atom. The van der Waals surface area contributed by atoms with Crippen LogP contribution in [0.3, 0.4) is 0 Å². The Morgan fingerprint density at radius 1 is 1.08 bits per heavy atom. The minimum atomic E-state index is -0.788. The molecule has 128 valence electrons. The Kier molecular flexibility index (Phi) is 5.50. The number of aromatic nitrogens is 2. The third-order valence-corrected chi connectivity index (χ3v) is 4.33. The van der Waals surface area contributed by atoms with Crippen LogP contribution in [0.1, 0.15) is 11.3 Å². The fraction of sp³-hybridized carbons (Fsp3) is 0.111. The summed E-state index contributed by atoms with van der Waals surface area (Å²) in [6.45, 7) is 1.79. The smallest absolute Gasteiger partial charge is 0.223 e. The SMILES string of the molecule is Cc1cc(Oc2ccc(F)cc2F)nc(SCc2cccc(Cl)c2)n1. The maximum absolute atomic E-state index is 13.7. The van der Waals surface area contributed by atoms with Gasteiger partial charge in [0.1, 0.15) is 5.82 Å². The molecule has 0 spiro atoms. The molecule has 0 fully saturated rings. The molecule has 3 rings (SSSR count). The number of hydrogen-bond donors (Lipinski definition) is 0. The molecule has 0 saturated carbocycles. The van der Waals surface area contributed by atoms with E-state index in [1.54, 1.807) is 13.0 Å². The Labute approximate surface area is 153 Å². The average molecular weight is 379 g/mol. The van der Waals surface area contributed by atoms with Crippen molar-refractivity contribution in [3.8, 4) is 11.6 Å². The fourth-order valence-corrected chi connectivity index (χ4v) is 3.13. The molecule has 1 heterocycles. The highest BCUT2D eigenvalue weighted by molar-refractivity contribution is 7.98. The summed E-state index contributed by atoms with van der Waals surface area (Å²) in [4.78, 5) is 8.60. The molecule has 25 heavy (non-hydrogen) atoms. The number of benzene rings is 2. The Balaban J connectivity index is 1.76. The third kappa shape index (κ3) is 4.90. The molecular formula is C18H13ClF2N2OS. The normalized spacial score (nSPS) is 10.7. The van der Waals surface area contributed by atoms with Gasteiger partial charge in [0, 0.05) is 28.6 Å². The lowest BCUT2D eigenvalue weighted by Gasteiger charge is -2.08. The first kappa shape index (κ1) is 17.6. The minimum absolute atomic E-state index is 0.0923. The standard InChI is InChI=1S/C18H13ClF2N2OS/c1-11-7-17(24-16-6-5-14(20)9-15(16)21)23-18(22-11)25-10-12-3-2-4-13(19)8-12/h2-9H,10H2,1H3. The molecule has 0 N–H and O–H groups in total. The van der Waals surface area contributed by atoms with Crippen LogP contribution in [0.15, 0.2) is 53.7 Å². The summed E-state index contributed by atoms with van der Waals surface area (Å²) >= 11 is 7.38. The number of hydrogen-bond acceptors (Lipinski definition) is 4. The molecule has 0 unspecified atom stereocenters. The largest absolute Gasteiger partial charge is 0.436 e. The molecule has 1 aromatic heterocycles. The second kappa shape index (κ2) is 7.80. The van der Waals surface area contributed by atoms with Crippen LogP contribution in [0.25, 0.3) is 0 Å². The van der Waals surface area contributed by atoms with Crippen LogP contribution in [-0.4, -0.2) is 9.97 Å². The fourth-order valence-electron chi connectivity index (χ4n) is 2.08. The van der Waals surface area contributed by atoms with E-state index in [2.05, 4.69) is 9.97 Å². The maximum Gasteiger partial charge on any atom is 0.223 e. The van der Waals surface area contributed by atoms with E-state index >= 15 is 0 Å². The van der Waals surface area contributed by atoms with Crippen molar-refractivity contribution >= 4 is 23.4 Å². The van der Waals surface area contributed by atoms with E-state index in [-0.39, 0.29) is 11.6 Å². The molecule has 2 aromatic carbocycles. The highest BCUT2D eigenvalue weighted by Gasteiger charge is 2.10. The maximum atomic E-state index is 13.7. The molecule has 0 aliphatic carbocycles. The first-order valence-corrected chi connectivity index (χ1v) is 8.72. The van der Waals surface area contributed by atoms with Crippen molar-refractivity contribution < 1.29 is 13.5 Å². The summed E-state index contributed by atoms with van der Waals surface area (Å²) in [6.07, 6.45) is 0. The van der Waals surface area contributed by atoms with Gasteiger partial charge >= 0.3 is 0 Å². The lowest BCUT2D eigenvalue weighted by molar-refractivity contribution is 0.418. The van der Waals surface area contributed by atoms with Crippen LogP contribution < -0.4 is 4.74 Å². The molecule has 0 radical (unpaired) electrons. The van der Waals surface area contributed by atoms with E-state index < -0.39 is 11.6 Å². The zero-order valence-corrected chi connectivity index (χ0v) is 14.7. The second-order valence-electron chi connectivity index (χ2n) is 5.23. The van der Waals surface area contributed by atoms with Crippen LogP contribution in [0.4, 0.5) is 8.78 Å². The van der Waals surface area contributed by atoms with Crippen LogP contribution in [0.2, 0.25) is 5.02 Å². The first-order chi connectivity index (χ1) is 12.0. The van der Waals surface area contributed by atoms with Crippen molar-refractivity contribution in [1.82, 2.24) is 9.97 Å². The van der Waals surface area contributed by atoms with Gasteiger partial charge in [-0.1, -0.05) is 35.5 Å².